The normalized spacial score (nSPS) is 15.8. The predicted octanol–water partition coefficient (Wildman–Crippen LogP) is 3.05. The van der Waals surface area contributed by atoms with Crippen LogP contribution >= 0.6 is 23.2 Å². The maximum Gasteiger partial charge on any atom is 0.244 e. The summed E-state index contributed by atoms with van der Waals surface area (Å²) in [5, 5.41) is 9.59. The van der Waals surface area contributed by atoms with Gasteiger partial charge in [-0.2, -0.15) is 4.31 Å². The molecular formula is C13H17Cl2NO3S. The van der Waals surface area contributed by atoms with Crippen molar-refractivity contribution in [2.45, 2.75) is 43.7 Å². The third-order valence-electron chi connectivity index (χ3n) is 3.26. The number of benzene rings is 1. The van der Waals surface area contributed by atoms with Gasteiger partial charge in [0, 0.05) is 17.6 Å². The molecule has 1 aliphatic carbocycles. The Morgan fingerprint density at radius 2 is 1.95 bits per heavy atom. The molecule has 0 heterocycles. The Morgan fingerprint density at radius 1 is 1.30 bits per heavy atom. The lowest BCUT2D eigenvalue weighted by Crippen LogP contribution is -2.34. The largest absolute Gasteiger partial charge is 0.392 e. The molecule has 1 fully saturated rings. The number of sulfonamides is 1. The van der Waals surface area contributed by atoms with Crippen molar-refractivity contribution in [1.82, 2.24) is 4.31 Å². The molecule has 1 aromatic rings. The van der Waals surface area contributed by atoms with Crippen LogP contribution in [-0.4, -0.2) is 30.4 Å². The van der Waals surface area contributed by atoms with E-state index in [1.54, 1.807) is 0 Å². The first-order valence-corrected chi connectivity index (χ1v) is 8.72. The van der Waals surface area contributed by atoms with Crippen molar-refractivity contribution >= 4 is 33.2 Å². The van der Waals surface area contributed by atoms with Crippen LogP contribution in [-0.2, 0) is 16.6 Å². The van der Waals surface area contributed by atoms with Gasteiger partial charge >= 0.3 is 0 Å². The van der Waals surface area contributed by atoms with E-state index < -0.39 is 10.0 Å². The Kier molecular flexibility index (Phi) is 4.97. The Labute approximate surface area is 129 Å². The lowest BCUT2D eigenvalue weighted by atomic mass is 10.2. The van der Waals surface area contributed by atoms with E-state index in [0.717, 1.165) is 19.3 Å². The summed E-state index contributed by atoms with van der Waals surface area (Å²) in [6.07, 6.45) is 2.52. The first kappa shape index (κ1) is 16.0. The van der Waals surface area contributed by atoms with E-state index in [1.807, 2.05) is 6.92 Å². The van der Waals surface area contributed by atoms with Crippen LogP contribution in [0.3, 0.4) is 0 Å². The molecule has 0 radical (unpaired) electrons. The number of hydrogen-bond acceptors (Lipinski definition) is 3. The molecule has 0 spiro atoms. The van der Waals surface area contributed by atoms with Gasteiger partial charge in [0.25, 0.3) is 0 Å². The SMILES string of the molecule is CCCN(C1CC1)S(=O)(=O)c1cc(CO)c(Cl)cc1Cl. The van der Waals surface area contributed by atoms with Crippen LogP contribution in [0.4, 0.5) is 0 Å². The van der Waals surface area contributed by atoms with Crippen LogP contribution in [0, 0.1) is 0 Å². The van der Waals surface area contributed by atoms with E-state index in [-0.39, 0.29) is 27.6 Å². The smallest absolute Gasteiger partial charge is 0.244 e. The van der Waals surface area contributed by atoms with E-state index in [1.165, 1.54) is 16.4 Å². The van der Waals surface area contributed by atoms with Crippen LogP contribution in [0.1, 0.15) is 31.7 Å². The third kappa shape index (κ3) is 3.12. The van der Waals surface area contributed by atoms with E-state index in [0.29, 0.717) is 12.1 Å². The first-order valence-electron chi connectivity index (χ1n) is 6.52. The molecule has 0 aliphatic heterocycles. The minimum Gasteiger partial charge on any atom is -0.392 e. The molecule has 0 amide bonds. The second-order valence-electron chi connectivity index (χ2n) is 4.88. The zero-order valence-electron chi connectivity index (χ0n) is 11.1. The number of hydrogen-bond donors (Lipinski definition) is 1. The van der Waals surface area contributed by atoms with Crippen LogP contribution in [0.5, 0.6) is 0 Å². The fourth-order valence-corrected chi connectivity index (χ4v) is 4.71. The number of aliphatic hydroxyl groups excluding tert-OH is 1. The van der Waals surface area contributed by atoms with E-state index in [9.17, 15) is 13.5 Å². The van der Waals surface area contributed by atoms with Crippen LogP contribution < -0.4 is 0 Å². The average molecular weight is 338 g/mol. The molecular weight excluding hydrogens is 321 g/mol. The number of rotatable bonds is 6. The van der Waals surface area contributed by atoms with Gasteiger partial charge in [-0.05, 0) is 37.0 Å². The summed E-state index contributed by atoms with van der Waals surface area (Å²) >= 11 is 12.0. The second kappa shape index (κ2) is 6.20. The van der Waals surface area contributed by atoms with Crippen molar-refractivity contribution in [2.75, 3.05) is 6.54 Å². The minimum atomic E-state index is -3.65. The summed E-state index contributed by atoms with van der Waals surface area (Å²) in [4.78, 5) is 0.0213. The fourth-order valence-electron chi connectivity index (χ4n) is 2.10. The molecule has 0 atom stereocenters. The van der Waals surface area contributed by atoms with Crippen LogP contribution in [0.25, 0.3) is 0 Å². The van der Waals surface area contributed by atoms with Crippen molar-refractivity contribution in [3.63, 3.8) is 0 Å². The quantitative estimate of drug-likeness (QED) is 0.867. The lowest BCUT2D eigenvalue weighted by Gasteiger charge is -2.22. The summed E-state index contributed by atoms with van der Waals surface area (Å²) in [7, 11) is -3.65. The van der Waals surface area contributed by atoms with Gasteiger partial charge in [0.15, 0.2) is 0 Å². The summed E-state index contributed by atoms with van der Waals surface area (Å²) in [5.41, 5.74) is 0.363. The number of nitrogens with zero attached hydrogens (tertiary/aromatic N) is 1. The molecule has 20 heavy (non-hydrogen) atoms. The highest BCUT2D eigenvalue weighted by atomic mass is 35.5. The number of aliphatic hydroxyl groups is 1. The monoisotopic (exact) mass is 337 g/mol. The maximum atomic E-state index is 12.7. The summed E-state index contributed by atoms with van der Waals surface area (Å²) in [5.74, 6) is 0. The van der Waals surface area contributed by atoms with Crippen molar-refractivity contribution in [3.8, 4) is 0 Å². The number of halogens is 2. The Morgan fingerprint density at radius 3 is 2.45 bits per heavy atom. The molecule has 0 unspecified atom stereocenters. The molecule has 1 aliphatic rings. The summed E-state index contributed by atoms with van der Waals surface area (Å²) in [6.45, 7) is 2.09. The molecule has 1 N–H and O–H groups in total. The van der Waals surface area contributed by atoms with Gasteiger partial charge in [0.2, 0.25) is 10.0 Å². The Hall–Kier alpha value is -0.330. The second-order valence-corrected chi connectivity index (χ2v) is 7.55. The lowest BCUT2D eigenvalue weighted by molar-refractivity contribution is 0.281. The van der Waals surface area contributed by atoms with E-state index >= 15 is 0 Å². The van der Waals surface area contributed by atoms with Crippen molar-refractivity contribution < 1.29 is 13.5 Å². The van der Waals surface area contributed by atoms with Crippen molar-refractivity contribution in [3.05, 3.63) is 27.7 Å². The summed E-state index contributed by atoms with van der Waals surface area (Å²) < 4.78 is 26.9. The molecule has 0 saturated heterocycles. The Bertz CT molecular complexity index is 600. The molecule has 1 aromatic carbocycles. The Balaban J connectivity index is 2.47. The standard InChI is InChI=1S/C13H17Cl2NO3S/c1-2-5-16(10-3-4-10)20(18,19)13-6-9(8-17)11(14)7-12(13)15/h6-7,10,17H,2-5,8H2,1H3. The van der Waals surface area contributed by atoms with Crippen molar-refractivity contribution in [1.29, 1.82) is 0 Å². The molecule has 2 rings (SSSR count). The van der Waals surface area contributed by atoms with Gasteiger partial charge in [-0.1, -0.05) is 30.1 Å². The van der Waals surface area contributed by atoms with E-state index in [2.05, 4.69) is 0 Å². The zero-order valence-corrected chi connectivity index (χ0v) is 13.5. The third-order valence-corrected chi connectivity index (χ3v) is 6.02. The van der Waals surface area contributed by atoms with Crippen molar-refractivity contribution in [2.24, 2.45) is 0 Å². The highest BCUT2D eigenvalue weighted by Gasteiger charge is 2.38. The average Bonchev–Trinajstić information content (AvgIpc) is 3.19. The van der Waals surface area contributed by atoms with Gasteiger partial charge < -0.3 is 5.11 Å². The highest BCUT2D eigenvalue weighted by Crippen LogP contribution is 2.36. The van der Waals surface area contributed by atoms with E-state index in [4.69, 9.17) is 23.2 Å². The van der Waals surface area contributed by atoms with Gasteiger partial charge in [0.1, 0.15) is 4.90 Å². The molecule has 0 bridgehead atoms. The molecule has 1 saturated carbocycles. The topological polar surface area (TPSA) is 57.6 Å². The highest BCUT2D eigenvalue weighted by molar-refractivity contribution is 7.89. The molecule has 4 nitrogen and oxygen atoms in total. The van der Waals surface area contributed by atoms with Crippen LogP contribution in [0.2, 0.25) is 10.0 Å². The predicted molar refractivity (Wildman–Crippen MR) is 79.6 cm³/mol. The van der Waals surface area contributed by atoms with Gasteiger partial charge in [-0.3, -0.25) is 0 Å². The van der Waals surface area contributed by atoms with Crippen LogP contribution in [0.15, 0.2) is 17.0 Å². The molecule has 112 valence electrons. The molecule has 0 aromatic heterocycles. The van der Waals surface area contributed by atoms with Gasteiger partial charge in [0.05, 0.1) is 11.6 Å². The summed E-state index contributed by atoms with van der Waals surface area (Å²) in [6, 6.07) is 2.81. The molecule has 7 heteroatoms. The fraction of sp³-hybridized carbons (Fsp3) is 0.538. The van der Waals surface area contributed by atoms with Gasteiger partial charge in [-0.15, -0.1) is 0 Å². The maximum absolute atomic E-state index is 12.7. The van der Waals surface area contributed by atoms with Gasteiger partial charge in [-0.25, -0.2) is 8.42 Å². The first-order chi connectivity index (χ1) is 9.41. The zero-order chi connectivity index (χ0) is 14.9. The minimum absolute atomic E-state index is 0.0213.